The summed E-state index contributed by atoms with van der Waals surface area (Å²) in [6.07, 6.45) is 0.656. The van der Waals surface area contributed by atoms with Crippen LogP contribution in [0.3, 0.4) is 0 Å². The van der Waals surface area contributed by atoms with Crippen LogP contribution in [0.5, 0.6) is 0 Å². The minimum Gasteiger partial charge on any atom is -0.465 e. The second-order valence-electron chi connectivity index (χ2n) is 6.08. The fraction of sp³-hybridized carbons (Fsp3) is 0.190. The first-order valence-corrected chi connectivity index (χ1v) is 9.87. The first-order valence-electron chi connectivity index (χ1n) is 8.67. The molecular weight excluding hydrogens is 396 g/mol. The molecule has 0 saturated heterocycles. The highest BCUT2D eigenvalue weighted by Crippen LogP contribution is 2.29. The number of thiazole rings is 1. The number of amides is 1. The van der Waals surface area contributed by atoms with Crippen LogP contribution in [-0.2, 0) is 11.2 Å². The van der Waals surface area contributed by atoms with Gasteiger partial charge in [-0.25, -0.2) is 9.78 Å². The van der Waals surface area contributed by atoms with Gasteiger partial charge in [0.2, 0.25) is 0 Å². The Labute approximate surface area is 172 Å². The second-order valence-corrected chi connectivity index (χ2v) is 7.60. The van der Waals surface area contributed by atoms with Crippen LogP contribution in [0.1, 0.15) is 31.3 Å². The van der Waals surface area contributed by atoms with E-state index < -0.39 is 5.97 Å². The molecule has 0 unspecified atom stereocenters. The van der Waals surface area contributed by atoms with E-state index in [4.69, 9.17) is 16.3 Å². The van der Waals surface area contributed by atoms with Gasteiger partial charge >= 0.3 is 5.97 Å². The van der Waals surface area contributed by atoms with Crippen LogP contribution in [0.2, 0.25) is 5.02 Å². The van der Waals surface area contributed by atoms with Crippen LogP contribution in [-0.4, -0.2) is 30.5 Å². The number of methoxy groups -OCH3 is 1. The third-order valence-corrected chi connectivity index (χ3v) is 5.72. The lowest BCUT2D eigenvalue weighted by Crippen LogP contribution is -2.27. The number of nitrogens with zero attached hydrogens (tertiary/aromatic N) is 1. The van der Waals surface area contributed by atoms with Gasteiger partial charge in [-0.2, -0.15) is 0 Å². The van der Waals surface area contributed by atoms with Crippen molar-refractivity contribution in [3.8, 4) is 10.6 Å². The van der Waals surface area contributed by atoms with Gasteiger partial charge in [-0.3, -0.25) is 4.79 Å². The quantitative estimate of drug-likeness (QED) is 0.601. The Morgan fingerprint density at radius 2 is 1.79 bits per heavy atom. The molecule has 0 fully saturated rings. The maximum absolute atomic E-state index is 12.5. The van der Waals surface area contributed by atoms with Crippen LogP contribution >= 0.6 is 22.9 Å². The first kappa shape index (κ1) is 20.0. The van der Waals surface area contributed by atoms with E-state index in [-0.39, 0.29) is 11.5 Å². The lowest BCUT2D eigenvalue weighted by molar-refractivity contribution is 0.0596. The molecule has 1 amide bonds. The summed E-state index contributed by atoms with van der Waals surface area (Å²) in [6.45, 7) is 2.40. The molecule has 28 heavy (non-hydrogen) atoms. The number of hydrogen-bond acceptors (Lipinski definition) is 5. The van der Waals surface area contributed by atoms with Crippen molar-refractivity contribution in [3.63, 3.8) is 0 Å². The summed E-state index contributed by atoms with van der Waals surface area (Å²) in [5, 5.41) is 4.48. The van der Waals surface area contributed by atoms with Crippen LogP contribution in [0.4, 0.5) is 0 Å². The number of halogens is 1. The van der Waals surface area contributed by atoms with E-state index in [1.54, 1.807) is 35.6 Å². The van der Waals surface area contributed by atoms with E-state index in [0.29, 0.717) is 23.6 Å². The Balaban J connectivity index is 1.65. The van der Waals surface area contributed by atoms with Crippen LogP contribution in [0.15, 0.2) is 48.5 Å². The van der Waals surface area contributed by atoms with Gasteiger partial charge in [0.1, 0.15) is 5.01 Å². The Kier molecular flexibility index (Phi) is 6.44. The molecule has 0 saturated carbocycles. The fourth-order valence-electron chi connectivity index (χ4n) is 2.73. The number of aromatic nitrogens is 1. The molecule has 0 aliphatic heterocycles. The predicted octanol–water partition coefficient (Wildman–Crippen LogP) is 4.53. The Bertz CT molecular complexity index is 999. The summed E-state index contributed by atoms with van der Waals surface area (Å²) in [5.74, 6) is -0.835. The van der Waals surface area contributed by atoms with Crippen LogP contribution in [0.25, 0.3) is 10.6 Å². The molecule has 0 radical (unpaired) electrons. The molecular formula is C21H19ClN2O3S. The number of rotatable bonds is 6. The number of carbonyl (C=O) groups is 2. The van der Waals surface area contributed by atoms with Gasteiger partial charge in [-0.15, -0.1) is 11.3 Å². The smallest absolute Gasteiger partial charge is 0.338 e. The molecule has 0 bridgehead atoms. The highest BCUT2D eigenvalue weighted by molar-refractivity contribution is 7.15. The number of esters is 1. The van der Waals surface area contributed by atoms with Crippen molar-refractivity contribution in [1.82, 2.24) is 10.3 Å². The predicted molar refractivity (Wildman–Crippen MR) is 111 cm³/mol. The third kappa shape index (κ3) is 4.58. The Morgan fingerprint density at radius 3 is 2.46 bits per heavy atom. The summed E-state index contributed by atoms with van der Waals surface area (Å²) < 4.78 is 4.73. The SMILES string of the molecule is COC(=O)c1ccccc1C(=O)NCCc1sc(-c2ccc(Cl)cc2)nc1C. The topological polar surface area (TPSA) is 68.3 Å². The highest BCUT2D eigenvalue weighted by Gasteiger charge is 2.17. The summed E-state index contributed by atoms with van der Waals surface area (Å²) in [4.78, 5) is 30.0. The van der Waals surface area contributed by atoms with E-state index in [2.05, 4.69) is 10.3 Å². The molecule has 144 valence electrons. The molecule has 7 heteroatoms. The van der Waals surface area contributed by atoms with Crippen molar-refractivity contribution < 1.29 is 14.3 Å². The van der Waals surface area contributed by atoms with Gasteiger partial charge in [0, 0.05) is 28.4 Å². The highest BCUT2D eigenvalue weighted by atomic mass is 35.5. The zero-order valence-electron chi connectivity index (χ0n) is 15.5. The zero-order valence-corrected chi connectivity index (χ0v) is 17.1. The van der Waals surface area contributed by atoms with Gasteiger partial charge in [0.15, 0.2) is 0 Å². The summed E-state index contributed by atoms with van der Waals surface area (Å²) in [5.41, 5.74) is 2.51. The second kappa shape index (κ2) is 8.99. The molecule has 0 atom stereocenters. The summed E-state index contributed by atoms with van der Waals surface area (Å²) in [6, 6.07) is 14.2. The molecule has 5 nitrogen and oxygen atoms in total. The van der Waals surface area contributed by atoms with Gasteiger partial charge in [-0.1, -0.05) is 35.9 Å². The molecule has 0 aliphatic carbocycles. The fourth-order valence-corrected chi connectivity index (χ4v) is 3.92. The summed E-state index contributed by atoms with van der Waals surface area (Å²) >= 11 is 7.54. The van der Waals surface area contributed by atoms with Gasteiger partial charge in [-0.05, 0) is 31.2 Å². The number of nitrogens with one attached hydrogen (secondary N) is 1. The largest absolute Gasteiger partial charge is 0.465 e. The standard InChI is InChI=1S/C21H19ClN2O3S/c1-13-18(28-20(24-13)14-7-9-15(22)10-8-14)11-12-23-19(25)16-5-3-4-6-17(16)21(26)27-2/h3-10H,11-12H2,1-2H3,(H,23,25). The molecule has 1 aromatic heterocycles. The van der Waals surface area contributed by atoms with Crippen LogP contribution < -0.4 is 5.32 Å². The number of carbonyl (C=O) groups excluding carboxylic acids is 2. The number of aryl methyl sites for hydroxylation is 1. The molecule has 1 N–H and O–H groups in total. The maximum atomic E-state index is 12.5. The van der Waals surface area contributed by atoms with Gasteiger partial charge in [0.05, 0.1) is 23.9 Å². The van der Waals surface area contributed by atoms with Gasteiger partial charge < -0.3 is 10.1 Å². The van der Waals surface area contributed by atoms with E-state index in [1.165, 1.54) is 7.11 Å². The average molecular weight is 415 g/mol. The van der Waals surface area contributed by atoms with E-state index in [1.807, 2.05) is 31.2 Å². The number of benzene rings is 2. The minimum absolute atomic E-state index is 0.251. The molecule has 2 aromatic carbocycles. The van der Waals surface area contributed by atoms with Crippen molar-refractivity contribution in [1.29, 1.82) is 0 Å². The molecule has 0 aliphatic rings. The first-order chi connectivity index (χ1) is 13.5. The summed E-state index contributed by atoms with van der Waals surface area (Å²) in [7, 11) is 1.29. The van der Waals surface area contributed by atoms with E-state index >= 15 is 0 Å². The van der Waals surface area contributed by atoms with Crippen molar-refractivity contribution in [2.24, 2.45) is 0 Å². The van der Waals surface area contributed by atoms with Crippen LogP contribution in [0, 0.1) is 6.92 Å². The van der Waals surface area contributed by atoms with Crippen molar-refractivity contribution in [2.75, 3.05) is 13.7 Å². The van der Waals surface area contributed by atoms with Crippen molar-refractivity contribution in [2.45, 2.75) is 13.3 Å². The minimum atomic E-state index is -0.531. The monoisotopic (exact) mass is 414 g/mol. The lowest BCUT2D eigenvalue weighted by Gasteiger charge is -2.08. The van der Waals surface area contributed by atoms with Gasteiger partial charge in [0.25, 0.3) is 5.91 Å². The van der Waals surface area contributed by atoms with E-state index in [0.717, 1.165) is 21.1 Å². The molecule has 3 aromatic rings. The molecule has 1 heterocycles. The zero-order chi connectivity index (χ0) is 20.1. The lowest BCUT2D eigenvalue weighted by atomic mass is 10.1. The van der Waals surface area contributed by atoms with Crippen molar-refractivity contribution in [3.05, 3.63) is 75.3 Å². The molecule has 0 spiro atoms. The Hall–Kier alpha value is -2.70. The normalized spacial score (nSPS) is 10.5. The van der Waals surface area contributed by atoms with E-state index in [9.17, 15) is 9.59 Å². The maximum Gasteiger partial charge on any atom is 0.338 e. The number of hydrogen-bond donors (Lipinski definition) is 1. The average Bonchev–Trinajstić information content (AvgIpc) is 3.08. The van der Waals surface area contributed by atoms with Crippen molar-refractivity contribution >= 4 is 34.8 Å². The Morgan fingerprint density at radius 1 is 1.11 bits per heavy atom. The number of ether oxygens (including phenoxy) is 1. The third-order valence-electron chi connectivity index (χ3n) is 4.20. The molecule has 3 rings (SSSR count).